The molecule has 0 spiro atoms. The highest BCUT2D eigenvalue weighted by Crippen LogP contribution is 2.11. The third-order valence-corrected chi connectivity index (χ3v) is 7.88. The Kier molecular flexibility index (Phi) is 37.7. The summed E-state index contributed by atoms with van der Waals surface area (Å²) in [6, 6.07) is 0. The van der Waals surface area contributed by atoms with Crippen LogP contribution in [0.5, 0.6) is 0 Å². The fourth-order valence-electron chi connectivity index (χ4n) is 4.90. The lowest BCUT2D eigenvalue weighted by molar-refractivity contribution is -0.161. The summed E-state index contributed by atoms with van der Waals surface area (Å²) in [4.78, 5) is 24.2. The average Bonchev–Trinajstić information content (AvgIpc) is 3.12. The summed E-state index contributed by atoms with van der Waals surface area (Å²) in [6.45, 7) is 3.91. The maximum Gasteiger partial charge on any atom is 0.306 e. The number of aliphatic hydroxyl groups excluding tert-OH is 1. The Balaban J connectivity index is 3.74. The average molecular weight is 693 g/mol. The molecule has 0 fully saturated rings. The number of esters is 2. The number of hydrogen-bond acceptors (Lipinski definition) is 5. The van der Waals surface area contributed by atoms with Gasteiger partial charge in [0.25, 0.3) is 0 Å². The molecule has 50 heavy (non-hydrogen) atoms. The maximum absolute atomic E-state index is 12.1. The second-order valence-corrected chi connectivity index (χ2v) is 12.6. The minimum absolute atomic E-state index is 0.106. The van der Waals surface area contributed by atoms with Crippen LogP contribution < -0.4 is 0 Å². The van der Waals surface area contributed by atoms with Crippen LogP contribution in [0.4, 0.5) is 0 Å². The Labute approximate surface area is 307 Å². The number of carbonyl (C=O) groups excluding carboxylic acids is 2. The van der Waals surface area contributed by atoms with E-state index in [1.807, 2.05) is 12.2 Å². The summed E-state index contributed by atoms with van der Waals surface area (Å²) < 4.78 is 10.5. The van der Waals surface area contributed by atoms with Gasteiger partial charge < -0.3 is 14.6 Å². The second-order valence-electron chi connectivity index (χ2n) is 12.6. The molecule has 1 unspecified atom stereocenters. The number of ether oxygens (including phenoxy) is 2. The van der Waals surface area contributed by atoms with Gasteiger partial charge in [-0.15, -0.1) is 0 Å². The van der Waals surface area contributed by atoms with E-state index < -0.39 is 12.1 Å². The summed E-state index contributed by atoms with van der Waals surface area (Å²) in [7, 11) is 0. The van der Waals surface area contributed by atoms with Crippen molar-refractivity contribution in [2.24, 2.45) is 0 Å². The van der Waals surface area contributed by atoms with E-state index >= 15 is 0 Å². The third-order valence-electron chi connectivity index (χ3n) is 7.88. The maximum atomic E-state index is 12.1. The fourth-order valence-corrected chi connectivity index (χ4v) is 4.90. The van der Waals surface area contributed by atoms with Gasteiger partial charge in [0, 0.05) is 12.8 Å². The van der Waals surface area contributed by atoms with Crippen molar-refractivity contribution in [3.63, 3.8) is 0 Å². The van der Waals surface area contributed by atoms with Gasteiger partial charge in [-0.2, -0.15) is 0 Å². The first kappa shape index (κ1) is 46.8. The highest BCUT2D eigenvalue weighted by atomic mass is 16.6. The minimum Gasteiger partial charge on any atom is -0.462 e. The van der Waals surface area contributed by atoms with Gasteiger partial charge in [-0.05, 0) is 83.5 Å². The van der Waals surface area contributed by atoms with E-state index in [-0.39, 0.29) is 25.6 Å². The van der Waals surface area contributed by atoms with Crippen LogP contribution >= 0.6 is 0 Å². The summed E-state index contributed by atoms with van der Waals surface area (Å²) in [5, 5.41) is 9.55. The molecule has 0 rings (SSSR count). The number of allylic oxidation sites excluding steroid dienone is 16. The lowest BCUT2D eigenvalue weighted by atomic mass is 10.1. The minimum atomic E-state index is -0.821. The van der Waals surface area contributed by atoms with Gasteiger partial charge in [0.15, 0.2) is 6.10 Å². The molecule has 5 nitrogen and oxygen atoms in total. The van der Waals surface area contributed by atoms with Crippen molar-refractivity contribution in [3.05, 3.63) is 97.2 Å². The molecule has 0 aliphatic heterocycles. The van der Waals surface area contributed by atoms with Crippen LogP contribution in [0.3, 0.4) is 0 Å². The molecule has 282 valence electrons. The van der Waals surface area contributed by atoms with Gasteiger partial charge in [-0.1, -0.05) is 156 Å². The second kappa shape index (κ2) is 40.3. The first-order chi connectivity index (χ1) is 24.6. The molecule has 0 saturated carbocycles. The molecule has 0 amide bonds. The van der Waals surface area contributed by atoms with E-state index in [1.54, 1.807) is 0 Å². The number of aliphatic hydroxyl groups is 1. The van der Waals surface area contributed by atoms with Crippen LogP contribution in [-0.4, -0.2) is 36.4 Å². The van der Waals surface area contributed by atoms with Crippen LogP contribution in [0.15, 0.2) is 97.2 Å². The molecular formula is C45H72O5. The SMILES string of the molecule is CC/C=C\C/C=C\C/C=C\C/C=C\C/C=C\C/C=C\CCC(=O)OC(CO)COC(=O)CCCCCCCCC/C=C\C/C=C\CCCCC. The number of rotatable bonds is 34. The first-order valence-electron chi connectivity index (χ1n) is 19.8. The van der Waals surface area contributed by atoms with Crippen molar-refractivity contribution in [1.29, 1.82) is 0 Å². The Bertz CT molecular complexity index is 1010. The third kappa shape index (κ3) is 37.6. The molecule has 0 heterocycles. The van der Waals surface area contributed by atoms with Gasteiger partial charge in [-0.3, -0.25) is 9.59 Å². The lowest BCUT2D eigenvalue weighted by Crippen LogP contribution is -2.28. The first-order valence-corrected chi connectivity index (χ1v) is 19.8. The van der Waals surface area contributed by atoms with Crippen molar-refractivity contribution in [3.8, 4) is 0 Å². The molecule has 0 aromatic carbocycles. The van der Waals surface area contributed by atoms with Crippen molar-refractivity contribution in [2.45, 2.75) is 161 Å². The van der Waals surface area contributed by atoms with Crippen LogP contribution in [0.2, 0.25) is 0 Å². The molecule has 5 heteroatoms. The number of hydrogen-bond donors (Lipinski definition) is 1. The Morgan fingerprint density at radius 3 is 1.38 bits per heavy atom. The topological polar surface area (TPSA) is 72.8 Å². The van der Waals surface area contributed by atoms with Crippen LogP contribution in [-0.2, 0) is 19.1 Å². The summed E-state index contributed by atoms with van der Waals surface area (Å²) in [5.74, 6) is -0.707. The van der Waals surface area contributed by atoms with Crippen LogP contribution in [0.25, 0.3) is 0 Å². The highest BCUT2D eigenvalue weighted by Gasteiger charge is 2.15. The summed E-state index contributed by atoms with van der Waals surface area (Å²) in [6.07, 6.45) is 56.2. The zero-order valence-corrected chi connectivity index (χ0v) is 31.9. The smallest absolute Gasteiger partial charge is 0.306 e. The molecule has 0 aliphatic carbocycles. The molecule has 1 N–H and O–H groups in total. The Hall–Kier alpha value is -3.18. The van der Waals surface area contributed by atoms with Gasteiger partial charge >= 0.3 is 11.9 Å². The molecule has 0 aromatic heterocycles. The van der Waals surface area contributed by atoms with Crippen molar-refractivity contribution in [2.75, 3.05) is 13.2 Å². The van der Waals surface area contributed by atoms with Crippen molar-refractivity contribution in [1.82, 2.24) is 0 Å². The molecule has 1 atom stereocenters. The lowest BCUT2D eigenvalue weighted by Gasteiger charge is -2.15. The Morgan fingerprint density at radius 1 is 0.480 bits per heavy atom. The quantitative estimate of drug-likeness (QED) is 0.0413. The predicted molar refractivity (Wildman–Crippen MR) is 214 cm³/mol. The van der Waals surface area contributed by atoms with E-state index in [4.69, 9.17) is 9.47 Å². The molecule has 0 aliphatic rings. The van der Waals surface area contributed by atoms with Crippen molar-refractivity contribution >= 4 is 11.9 Å². The van der Waals surface area contributed by atoms with Gasteiger partial charge in [0.05, 0.1) is 6.61 Å². The van der Waals surface area contributed by atoms with Gasteiger partial charge in [0.1, 0.15) is 6.61 Å². The molecule has 0 bridgehead atoms. The normalized spacial score (nSPS) is 13.3. The highest BCUT2D eigenvalue weighted by molar-refractivity contribution is 5.70. The summed E-state index contributed by atoms with van der Waals surface area (Å²) >= 11 is 0. The standard InChI is InChI=1S/C45H72O5/c1-3-5-7-9-11-13-15-17-19-21-22-24-26-28-30-32-34-36-38-40-45(48)50-43(41-46)42-49-44(47)39-37-35-33-31-29-27-25-23-20-18-16-14-12-10-8-6-4-2/h5,7,11-14,17-20,22,24,28,30,34,36,43,46H,3-4,6,8-10,15-16,21,23,25-27,29,31-33,35,37-42H2,1-2H3/b7-5-,13-11-,14-12-,19-17-,20-18-,24-22-,30-28-,36-34-. The van der Waals surface area contributed by atoms with E-state index in [0.29, 0.717) is 12.8 Å². The molecule has 0 saturated heterocycles. The van der Waals surface area contributed by atoms with E-state index in [0.717, 1.165) is 70.6 Å². The summed E-state index contributed by atoms with van der Waals surface area (Å²) in [5.41, 5.74) is 0. The number of carbonyl (C=O) groups is 2. The predicted octanol–water partition coefficient (Wildman–Crippen LogP) is 12.5. The Morgan fingerprint density at radius 2 is 0.900 bits per heavy atom. The monoisotopic (exact) mass is 693 g/mol. The molecular weight excluding hydrogens is 620 g/mol. The molecule has 0 aromatic rings. The zero-order chi connectivity index (χ0) is 36.4. The van der Waals surface area contributed by atoms with Gasteiger partial charge in [-0.25, -0.2) is 0 Å². The zero-order valence-electron chi connectivity index (χ0n) is 31.9. The van der Waals surface area contributed by atoms with E-state index in [1.165, 1.54) is 51.4 Å². The number of unbranched alkanes of at least 4 members (excludes halogenated alkanes) is 10. The van der Waals surface area contributed by atoms with E-state index in [9.17, 15) is 14.7 Å². The molecule has 0 radical (unpaired) electrons. The largest absolute Gasteiger partial charge is 0.462 e. The van der Waals surface area contributed by atoms with E-state index in [2.05, 4.69) is 98.9 Å². The van der Waals surface area contributed by atoms with Crippen LogP contribution in [0.1, 0.15) is 155 Å². The van der Waals surface area contributed by atoms with Crippen molar-refractivity contribution < 1.29 is 24.2 Å². The van der Waals surface area contributed by atoms with Gasteiger partial charge in [0.2, 0.25) is 0 Å². The van der Waals surface area contributed by atoms with Crippen LogP contribution in [0, 0.1) is 0 Å². The fraction of sp³-hybridized carbons (Fsp3) is 0.600.